The van der Waals surface area contributed by atoms with Crippen LogP contribution in [0.25, 0.3) is 22.0 Å². The molecule has 0 fully saturated rings. The molecule has 0 spiro atoms. The topological polar surface area (TPSA) is 88.4 Å². The average Bonchev–Trinajstić information content (AvgIpc) is 3.02. The number of hydrogen-bond acceptors (Lipinski definition) is 3. The lowest BCUT2D eigenvalue weighted by atomic mass is 10.0. The molecule has 182 valence electrons. The number of carboxylic acids is 1. The smallest absolute Gasteiger partial charge is 0.335 e. The van der Waals surface area contributed by atoms with Gasteiger partial charge in [0.25, 0.3) is 0 Å². The fourth-order valence-electron chi connectivity index (χ4n) is 4.36. The van der Waals surface area contributed by atoms with Crippen LogP contribution in [0.4, 0.5) is 0 Å². The first kappa shape index (κ1) is 24.7. The highest BCUT2D eigenvalue weighted by atomic mass is 32.2. The molecule has 3 aromatic carbocycles. The van der Waals surface area contributed by atoms with Crippen molar-refractivity contribution in [1.82, 2.24) is 9.29 Å². The maximum atomic E-state index is 13.0. The Bertz CT molecular complexity index is 1530. The van der Waals surface area contributed by atoms with Gasteiger partial charge in [0.05, 0.1) is 10.5 Å². The maximum absolute atomic E-state index is 13.0. The summed E-state index contributed by atoms with van der Waals surface area (Å²) in [6.07, 6.45) is 0. The molecule has 1 heterocycles. The summed E-state index contributed by atoms with van der Waals surface area (Å²) in [5, 5.41) is 10.3. The van der Waals surface area contributed by atoms with E-state index in [1.54, 1.807) is 24.3 Å². The molecular formula is C28H30N2O4S. The van der Waals surface area contributed by atoms with E-state index in [-0.39, 0.29) is 10.5 Å². The zero-order chi connectivity index (χ0) is 25.5. The summed E-state index contributed by atoms with van der Waals surface area (Å²) in [5.41, 5.74) is 5.34. The second-order valence-electron chi connectivity index (χ2n) is 9.88. The number of aromatic nitrogens is 1. The van der Waals surface area contributed by atoms with Crippen molar-refractivity contribution in [2.24, 2.45) is 0 Å². The number of rotatable bonds is 6. The fraction of sp³-hybridized carbons (Fsp3) is 0.250. The van der Waals surface area contributed by atoms with E-state index in [4.69, 9.17) is 0 Å². The van der Waals surface area contributed by atoms with Crippen LogP contribution in [-0.4, -0.2) is 29.6 Å². The summed E-state index contributed by atoms with van der Waals surface area (Å²) in [7, 11) is -3.69. The highest BCUT2D eigenvalue weighted by Gasteiger charge is 2.24. The Hall–Kier alpha value is -3.42. The van der Waals surface area contributed by atoms with Gasteiger partial charge in [-0.1, -0.05) is 42.5 Å². The Morgan fingerprint density at radius 1 is 0.971 bits per heavy atom. The van der Waals surface area contributed by atoms with Crippen LogP contribution in [0.1, 0.15) is 48.0 Å². The third-order valence-electron chi connectivity index (χ3n) is 6.11. The molecular weight excluding hydrogens is 460 g/mol. The van der Waals surface area contributed by atoms with Gasteiger partial charge in [-0.25, -0.2) is 17.9 Å². The first-order valence-electron chi connectivity index (χ1n) is 11.4. The Labute approximate surface area is 206 Å². The van der Waals surface area contributed by atoms with Gasteiger partial charge in [0.2, 0.25) is 10.0 Å². The molecule has 4 rings (SSSR count). The van der Waals surface area contributed by atoms with Crippen molar-refractivity contribution in [1.29, 1.82) is 0 Å². The van der Waals surface area contributed by atoms with Gasteiger partial charge in [0, 0.05) is 34.2 Å². The number of carbonyl (C=O) groups is 1. The van der Waals surface area contributed by atoms with Crippen LogP contribution < -0.4 is 4.72 Å². The summed E-state index contributed by atoms with van der Waals surface area (Å²) in [4.78, 5) is 11.6. The second kappa shape index (κ2) is 8.98. The summed E-state index contributed by atoms with van der Waals surface area (Å²) in [6, 6.07) is 20.1. The molecule has 4 aromatic rings. The van der Waals surface area contributed by atoms with Crippen LogP contribution in [-0.2, 0) is 16.6 Å². The molecule has 35 heavy (non-hydrogen) atoms. The monoisotopic (exact) mass is 490 g/mol. The van der Waals surface area contributed by atoms with Crippen LogP contribution in [0.2, 0.25) is 0 Å². The summed E-state index contributed by atoms with van der Waals surface area (Å²) >= 11 is 0. The Morgan fingerprint density at radius 3 is 2.26 bits per heavy atom. The molecule has 0 amide bonds. The lowest BCUT2D eigenvalue weighted by molar-refractivity contribution is 0.0697. The number of carboxylic acid groups (broad SMARTS) is 1. The van der Waals surface area contributed by atoms with E-state index in [0.717, 1.165) is 33.3 Å². The Morgan fingerprint density at radius 2 is 1.63 bits per heavy atom. The summed E-state index contributed by atoms with van der Waals surface area (Å²) in [5.74, 6) is -0.938. The third-order valence-corrected chi connectivity index (χ3v) is 7.92. The molecule has 0 aliphatic heterocycles. The zero-order valence-electron chi connectivity index (χ0n) is 20.6. The van der Waals surface area contributed by atoms with Crippen LogP contribution >= 0.6 is 0 Å². The van der Waals surface area contributed by atoms with Crippen molar-refractivity contribution in [3.63, 3.8) is 0 Å². The van der Waals surface area contributed by atoms with E-state index in [2.05, 4.69) is 9.29 Å². The summed E-state index contributed by atoms with van der Waals surface area (Å²) in [6.45, 7) is 10.1. The molecule has 0 unspecified atom stereocenters. The first-order chi connectivity index (χ1) is 16.4. The largest absolute Gasteiger partial charge is 0.478 e. The van der Waals surface area contributed by atoms with E-state index in [1.165, 1.54) is 0 Å². The van der Waals surface area contributed by atoms with Gasteiger partial charge in [-0.15, -0.1) is 0 Å². The van der Waals surface area contributed by atoms with E-state index in [0.29, 0.717) is 12.1 Å². The molecule has 7 heteroatoms. The van der Waals surface area contributed by atoms with Crippen LogP contribution in [0, 0.1) is 13.8 Å². The molecule has 0 aliphatic carbocycles. The lowest BCUT2D eigenvalue weighted by Crippen LogP contribution is -2.40. The molecule has 0 bridgehead atoms. The zero-order valence-corrected chi connectivity index (χ0v) is 21.4. The van der Waals surface area contributed by atoms with Crippen LogP contribution in [0.5, 0.6) is 0 Å². The van der Waals surface area contributed by atoms with Crippen molar-refractivity contribution in [2.75, 3.05) is 0 Å². The van der Waals surface area contributed by atoms with Crippen molar-refractivity contribution in [3.8, 4) is 11.1 Å². The molecule has 1 aromatic heterocycles. The standard InChI is InChI=1S/C28H30N2O4S/c1-18-19(2)30(25-15-14-22(27(31)32)16-24(18)25)17-20-10-12-21(13-11-20)23-8-6-7-9-26(23)35(33,34)29-28(3,4)5/h6-16,29H,17H2,1-5H3,(H,31,32). The number of nitrogens with one attached hydrogen (secondary N) is 1. The number of nitrogens with zero attached hydrogens (tertiary/aromatic N) is 1. The number of sulfonamides is 1. The quantitative estimate of drug-likeness (QED) is 0.360. The lowest BCUT2D eigenvalue weighted by Gasteiger charge is -2.21. The van der Waals surface area contributed by atoms with Gasteiger partial charge in [-0.05, 0) is 75.6 Å². The SMILES string of the molecule is Cc1c(C)n(Cc2ccc(-c3ccccc3S(=O)(=O)NC(C)(C)C)cc2)c2ccc(C(=O)O)cc12. The van der Waals surface area contributed by atoms with E-state index in [9.17, 15) is 18.3 Å². The number of hydrogen-bond donors (Lipinski definition) is 2. The molecule has 6 nitrogen and oxygen atoms in total. The van der Waals surface area contributed by atoms with Crippen molar-refractivity contribution in [3.05, 3.63) is 89.1 Å². The summed E-state index contributed by atoms with van der Waals surface area (Å²) < 4.78 is 31.0. The third kappa shape index (κ3) is 5.01. The second-order valence-corrected chi connectivity index (χ2v) is 11.5. The van der Waals surface area contributed by atoms with Gasteiger partial charge < -0.3 is 9.67 Å². The van der Waals surface area contributed by atoms with Crippen molar-refractivity contribution >= 4 is 26.9 Å². The van der Waals surface area contributed by atoms with Gasteiger partial charge in [-0.3, -0.25) is 0 Å². The van der Waals surface area contributed by atoms with E-state index < -0.39 is 21.5 Å². The van der Waals surface area contributed by atoms with Crippen molar-refractivity contribution in [2.45, 2.75) is 51.6 Å². The predicted octanol–water partition coefficient (Wildman–Crippen LogP) is 5.75. The number of aryl methyl sites for hydroxylation is 1. The van der Waals surface area contributed by atoms with Gasteiger partial charge in [0.15, 0.2) is 0 Å². The minimum Gasteiger partial charge on any atom is -0.478 e. The highest BCUT2D eigenvalue weighted by molar-refractivity contribution is 7.89. The maximum Gasteiger partial charge on any atom is 0.335 e. The Balaban J connectivity index is 1.68. The normalized spacial score (nSPS) is 12.3. The van der Waals surface area contributed by atoms with Gasteiger partial charge in [0.1, 0.15) is 0 Å². The van der Waals surface area contributed by atoms with E-state index in [1.807, 2.05) is 77.1 Å². The van der Waals surface area contributed by atoms with Gasteiger partial charge in [-0.2, -0.15) is 0 Å². The van der Waals surface area contributed by atoms with Crippen molar-refractivity contribution < 1.29 is 18.3 Å². The van der Waals surface area contributed by atoms with Crippen LogP contribution in [0.15, 0.2) is 71.6 Å². The molecule has 2 N–H and O–H groups in total. The van der Waals surface area contributed by atoms with E-state index >= 15 is 0 Å². The molecule has 0 atom stereocenters. The number of fused-ring (bicyclic) bond motifs is 1. The first-order valence-corrected chi connectivity index (χ1v) is 12.9. The molecule has 0 saturated heterocycles. The molecule has 0 saturated carbocycles. The number of benzene rings is 3. The molecule has 0 aliphatic rings. The minimum atomic E-state index is -3.69. The molecule has 0 radical (unpaired) electrons. The minimum absolute atomic E-state index is 0.250. The predicted molar refractivity (Wildman–Crippen MR) is 139 cm³/mol. The van der Waals surface area contributed by atoms with Crippen LogP contribution in [0.3, 0.4) is 0 Å². The van der Waals surface area contributed by atoms with Gasteiger partial charge >= 0.3 is 5.97 Å². The Kier molecular flexibility index (Phi) is 6.34. The fourth-order valence-corrected chi connectivity index (χ4v) is 6.01. The number of aromatic carboxylic acids is 1. The average molecular weight is 491 g/mol. The highest BCUT2D eigenvalue weighted by Crippen LogP contribution is 2.30.